The third-order valence-corrected chi connectivity index (χ3v) is 8.88. The van der Waals surface area contributed by atoms with E-state index in [1.807, 2.05) is 6.92 Å². The van der Waals surface area contributed by atoms with Crippen LogP contribution in [-0.2, 0) is 14.8 Å². The topological polar surface area (TPSA) is 89.3 Å². The van der Waals surface area contributed by atoms with Crippen LogP contribution in [0.3, 0.4) is 0 Å². The lowest BCUT2D eigenvalue weighted by Gasteiger charge is -2.26. The highest BCUT2D eigenvalue weighted by Crippen LogP contribution is 2.36. The van der Waals surface area contributed by atoms with Gasteiger partial charge < -0.3 is 5.73 Å². The molecule has 5 nitrogen and oxygen atoms in total. The molecule has 0 heterocycles. The first-order valence-electron chi connectivity index (χ1n) is 10.2. The van der Waals surface area contributed by atoms with Crippen LogP contribution in [0.1, 0.15) is 84.0 Å². The van der Waals surface area contributed by atoms with Crippen LogP contribution in [0, 0.1) is 5.92 Å². The molecular formula is C19H36N2O3S2. The van der Waals surface area contributed by atoms with Crippen molar-refractivity contribution in [2.75, 3.05) is 12.3 Å². The van der Waals surface area contributed by atoms with Gasteiger partial charge in [0.1, 0.15) is 0 Å². The van der Waals surface area contributed by atoms with E-state index < -0.39 is 10.0 Å². The van der Waals surface area contributed by atoms with Crippen LogP contribution in [0.2, 0.25) is 0 Å². The number of nitrogens with one attached hydrogen (secondary N) is 1. The Balaban J connectivity index is 1.69. The summed E-state index contributed by atoms with van der Waals surface area (Å²) < 4.78 is 27.8. The first kappa shape index (κ1) is 22.2. The van der Waals surface area contributed by atoms with Crippen molar-refractivity contribution in [2.45, 2.75) is 94.8 Å². The van der Waals surface area contributed by atoms with Gasteiger partial charge >= 0.3 is 0 Å². The minimum absolute atomic E-state index is 0.134. The van der Waals surface area contributed by atoms with Crippen LogP contribution in [0.15, 0.2) is 0 Å². The number of carbonyl (C=O) groups is 1. The second-order valence-electron chi connectivity index (χ2n) is 8.28. The van der Waals surface area contributed by atoms with Gasteiger partial charge in [0.25, 0.3) is 0 Å². The first-order chi connectivity index (χ1) is 12.3. The van der Waals surface area contributed by atoms with Gasteiger partial charge in [0.15, 0.2) is 5.12 Å². The van der Waals surface area contributed by atoms with Crippen LogP contribution in [-0.4, -0.2) is 36.6 Å². The quantitative estimate of drug-likeness (QED) is 0.633. The SMILES string of the molecule is CC1(N)CCCC1CC(=O)SCCNS(=O)(=O)C1CCCCCCCC1. The van der Waals surface area contributed by atoms with Crippen molar-refractivity contribution in [3.63, 3.8) is 0 Å². The van der Waals surface area contributed by atoms with Crippen LogP contribution >= 0.6 is 11.8 Å². The fourth-order valence-corrected chi connectivity index (χ4v) is 6.69. The molecule has 2 rings (SSSR count). The van der Waals surface area contributed by atoms with E-state index in [0.29, 0.717) is 18.7 Å². The molecule has 0 amide bonds. The Morgan fingerprint density at radius 2 is 1.69 bits per heavy atom. The third kappa shape index (κ3) is 7.13. The molecule has 0 aliphatic heterocycles. The number of nitrogens with two attached hydrogens (primary N) is 1. The molecule has 26 heavy (non-hydrogen) atoms. The Hall–Kier alpha value is -0.110. The van der Waals surface area contributed by atoms with Crippen LogP contribution < -0.4 is 10.5 Å². The maximum absolute atomic E-state index is 12.5. The number of hydrogen-bond acceptors (Lipinski definition) is 5. The van der Waals surface area contributed by atoms with Crippen molar-refractivity contribution in [1.29, 1.82) is 0 Å². The number of rotatable bonds is 7. The second-order valence-corrected chi connectivity index (χ2v) is 11.5. The van der Waals surface area contributed by atoms with Crippen LogP contribution in [0.5, 0.6) is 0 Å². The maximum Gasteiger partial charge on any atom is 0.214 e. The van der Waals surface area contributed by atoms with Gasteiger partial charge in [-0.25, -0.2) is 13.1 Å². The Morgan fingerprint density at radius 1 is 1.08 bits per heavy atom. The molecule has 0 aromatic carbocycles. The van der Waals surface area contributed by atoms with Gasteiger partial charge in [-0.1, -0.05) is 56.7 Å². The fraction of sp³-hybridized carbons (Fsp3) is 0.947. The predicted molar refractivity (Wildman–Crippen MR) is 110 cm³/mol. The van der Waals surface area contributed by atoms with E-state index in [9.17, 15) is 13.2 Å². The second kappa shape index (κ2) is 10.4. The summed E-state index contributed by atoms with van der Waals surface area (Å²) in [6.07, 6.45) is 11.8. The summed E-state index contributed by atoms with van der Waals surface area (Å²) in [5.41, 5.74) is 6.02. The zero-order valence-corrected chi connectivity index (χ0v) is 17.8. The maximum atomic E-state index is 12.5. The molecule has 0 saturated heterocycles. The first-order valence-corrected chi connectivity index (χ1v) is 12.8. The lowest BCUT2D eigenvalue weighted by Crippen LogP contribution is -2.40. The number of thioether (sulfide) groups is 1. The normalized spacial score (nSPS) is 29.1. The molecule has 0 spiro atoms. The van der Waals surface area contributed by atoms with Crippen molar-refractivity contribution < 1.29 is 13.2 Å². The monoisotopic (exact) mass is 404 g/mol. The molecule has 3 N–H and O–H groups in total. The average molecular weight is 405 g/mol. The molecule has 0 aromatic rings. The summed E-state index contributed by atoms with van der Waals surface area (Å²) in [4.78, 5) is 12.2. The van der Waals surface area contributed by atoms with Gasteiger partial charge in [-0.15, -0.1) is 0 Å². The molecule has 2 unspecified atom stereocenters. The number of carbonyl (C=O) groups excluding carboxylic acids is 1. The van der Waals surface area contributed by atoms with E-state index >= 15 is 0 Å². The third-order valence-electron chi connectivity index (χ3n) is 6.02. The molecular weight excluding hydrogens is 368 g/mol. The Morgan fingerprint density at radius 3 is 2.27 bits per heavy atom. The van der Waals surface area contributed by atoms with Crippen molar-refractivity contribution in [1.82, 2.24) is 4.72 Å². The van der Waals surface area contributed by atoms with Gasteiger partial charge in [-0.3, -0.25) is 4.79 Å². The molecule has 0 aromatic heterocycles. The molecule has 2 fully saturated rings. The molecule has 2 saturated carbocycles. The van der Waals surface area contributed by atoms with E-state index in [0.717, 1.165) is 57.8 Å². The molecule has 0 bridgehead atoms. The Kier molecular flexibility index (Phi) is 8.91. The summed E-state index contributed by atoms with van der Waals surface area (Å²) in [7, 11) is -3.27. The van der Waals surface area contributed by atoms with Gasteiger partial charge in [0, 0.05) is 24.3 Å². The zero-order valence-electron chi connectivity index (χ0n) is 16.2. The highest BCUT2D eigenvalue weighted by atomic mass is 32.2. The standard InChI is InChI=1S/C19H36N2O3S2/c1-19(20)12-8-9-16(19)15-18(22)25-14-13-21-26(23,24)17-10-6-4-2-3-5-7-11-17/h16-17,21H,2-15,20H2,1H3. The summed E-state index contributed by atoms with van der Waals surface area (Å²) in [6.45, 7) is 2.37. The van der Waals surface area contributed by atoms with E-state index in [2.05, 4.69) is 4.72 Å². The highest BCUT2D eigenvalue weighted by molar-refractivity contribution is 8.13. The molecule has 2 aliphatic carbocycles. The average Bonchev–Trinajstić information content (AvgIpc) is 2.97. The number of hydrogen-bond donors (Lipinski definition) is 2. The van der Waals surface area contributed by atoms with E-state index in [4.69, 9.17) is 5.73 Å². The van der Waals surface area contributed by atoms with E-state index in [1.165, 1.54) is 24.6 Å². The molecule has 2 atom stereocenters. The minimum atomic E-state index is -3.27. The lowest BCUT2D eigenvalue weighted by molar-refractivity contribution is -0.112. The van der Waals surface area contributed by atoms with Crippen molar-refractivity contribution in [2.24, 2.45) is 11.7 Å². The Labute approximate surface area is 163 Å². The van der Waals surface area contributed by atoms with E-state index in [-0.39, 0.29) is 21.8 Å². The predicted octanol–water partition coefficient (Wildman–Crippen LogP) is 3.58. The molecule has 152 valence electrons. The Bertz CT molecular complexity index is 539. The highest BCUT2D eigenvalue weighted by Gasteiger charge is 2.36. The molecule has 7 heteroatoms. The zero-order chi connectivity index (χ0) is 19.0. The summed E-state index contributed by atoms with van der Waals surface area (Å²) in [5.74, 6) is 0.761. The largest absolute Gasteiger partial charge is 0.325 e. The molecule has 2 aliphatic rings. The van der Waals surface area contributed by atoms with Gasteiger partial charge in [-0.2, -0.15) is 0 Å². The van der Waals surface area contributed by atoms with Crippen LogP contribution in [0.4, 0.5) is 0 Å². The fourth-order valence-electron chi connectivity index (χ4n) is 4.23. The van der Waals surface area contributed by atoms with Gasteiger partial charge in [-0.05, 0) is 38.5 Å². The van der Waals surface area contributed by atoms with Gasteiger partial charge in [0.05, 0.1) is 5.25 Å². The van der Waals surface area contributed by atoms with Crippen molar-refractivity contribution >= 4 is 26.9 Å². The minimum Gasteiger partial charge on any atom is -0.325 e. The summed E-state index contributed by atoms with van der Waals surface area (Å²) in [6, 6.07) is 0. The smallest absolute Gasteiger partial charge is 0.214 e. The number of sulfonamides is 1. The summed E-state index contributed by atoms with van der Waals surface area (Å²) >= 11 is 1.24. The molecule has 0 radical (unpaired) electrons. The van der Waals surface area contributed by atoms with Crippen LogP contribution in [0.25, 0.3) is 0 Å². The van der Waals surface area contributed by atoms with Gasteiger partial charge in [0.2, 0.25) is 10.0 Å². The summed E-state index contributed by atoms with van der Waals surface area (Å²) in [5, 5.41) is -0.132. The lowest BCUT2D eigenvalue weighted by atomic mass is 9.88. The van der Waals surface area contributed by atoms with Crippen molar-refractivity contribution in [3.05, 3.63) is 0 Å². The van der Waals surface area contributed by atoms with Crippen molar-refractivity contribution in [3.8, 4) is 0 Å². The van der Waals surface area contributed by atoms with E-state index in [1.54, 1.807) is 0 Å².